The molecule has 1 fully saturated rings. The van der Waals surface area contributed by atoms with Crippen LogP contribution in [0.5, 0.6) is 0 Å². The molecule has 0 bridgehead atoms. The summed E-state index contributed by atoms with van der Waals surface area (Å²) in [6.07, 6.45) is 0. The minimum absolute atomic E-state index is 0.118. The molecule has 7 nitrogen and oxygen atoms in total. The summed E-state index contributed by atoms with van der Waals surface area (Å²) in [6, 6.07) is 15.7. The van der Waals surface area contributed by atoms with Crippen LogP contribution < -0.4 is 5.32 Å². The predicted octanol–water partition coefficient (Wildman–Crippen LogP) is 1.76. The first-order valence-corrected chi connectivity index (χ1v) is 10.1. The van der Waals surface area contributed by atoms with E-state index in [2.05, 4.69) is 5.32 Å². The highest BCUT2D eigenvalue weighted by atomic mass is 32.2. The molecule has 2 atom stereocenters. The van der Waals surface area contributed by atoms with Crippen LogP contribution in [0.1, 0.15) is 17.0 Å². The molecule has 1 aliphatic rings. The van der Waals surface area contributed by atoms with Gasteiger partial charge in [-0.1, -0.05) is 42.5 Å². The lowest BCUT2D eigenvalue weighted by Crippen LogP contribution is -2.38. The van der Waals surface area contributed by atoms with E-state index in [1.54, 1.807) is 17.0 Å². The third-order valence-corrected chi connectivity index (χ3v) is 5.65. The normalized spacial score (nSPS) is 18.9. The van der Waals surface area contributed by atoms with E-state index in [0.717, 1.165) is 11.1 Å². The van der Waals surface area contributed by atoms with E-state index < -0.39 is 16.6 Å². The van der Waals surface area contributed by atoms with Gasteiger partial charge in [0, 0.05) is 25.6 Å². The predicted molar refractivity (Wildman–Crippen MR) is 104 cm³/mol. The van der Waals surface area contributed by atoms with E-state index in [-0.39, 0.29) is 35.9 Å². The van der Waals surface area contributed by atoms with Crippen LogP contribution in [0.25, 0.3) is 0 Å². The van der Waals surface area contributed by atoms with Crippen molar-refractivity contribution in [3.8, 4) is 0 Å². The summed E-state index contributed by atoms with van der Waals surface area (Å²) in [5.41, 5.74) is 1.78. The minimum Gasteiger partial charge on any atom is -0.469 e. The van der Waals surface area contributed by atoms with Gasteiger partial charge in [-0.25, -0.2) is 13.2 Å². The number of rotatable bonds is 5. The molecule has 2 aromatic carbocycles. The second-order valence-corrected chi connectivity index (χ2v) is 7.66. The van der Waals surface area contributed by atoms with E-state index in [1.807, 2.05) is 30.3 Å². The summed E-state index contributed by atoms with van der Waals surface area (Å²) < 4.78 is 26.8. The molecule has 8 heteroatoms. The van der Waals surface area contributed by atoms with Crippen molar-refractivity contribution in [3.05, 3.63) is 65.7 Å². The van der Waals surface area contributed by atoms with E-state index in [0.29, 0.717) is 6.54 Å². The molecule has 2 amide bonds. The molecule has 1 N–H and O–H groups in total. The third kappa shape index (κ3) is 4.51. The van der Waals surface area contributed by atoms with Crippen molar-refractivity contribution >= 4 is 22.7 Å². The molecule has 0 aromatic heterocycles. The number of hydrogen-bond donors (Lipinski definition) is 2. The average molecular weight is 402 g/mol. The van der Waals surface area contributed by atoms with Crippen LogP contribution in [0.3, 0.4) is 0 Å². The minimum atomic E-state index is -2.62. The zero-order valence-electron chi connectivity index (χ0n) is 15.4. The molecule has 3 rings (SSSR count). The Hall–Kier alpha value is -2.87. The number of thiol groups is 1. The van der Waals surface area contributed by atoms with E-state index in [4.69, 9.17) is 4.74 Å². The Bertz CT molecular complexity index is 904. The van der Waals surface area contributed by atoms with Crippen molar-refractivity contribution in [3.63, 3.8) is 0 Å². The van der Waals surface area contributed by atoms with Gasteiger partial charge in [-0.3, -0.25) is 4.79 Å². The van der Waals surface area contributed by atoms with Crippen LogP contribution in [-0.4, -0.2) is 45.5 Å². The lowest BCUT2D eigenvalue weighted by atomic mass is 9.89. The number of carbonyl (C=O) groups is 2. The molecule has 1 heterocycles. The van der Waals surface area contributed by atoms with Gasteiger partial charge in [0.1, 0.15) is 0 Å². The van der Waals surface area contributed by atoms with E-state index >= 15 is 0 Å². The standard InChI is InChI=1S/C20H22N2O5S/c1-27-19(23)18-13-22(12-17(18)15-5-3-2-4-6-15)20(24)21-11-14-7-9-16(10-8-14)28(25)26/h2-10,17-18,28H,11-13H2,1H3,(H,21,24)/t17-,18+/m1/s1. The molecule has 148 valence electrons. The van der Waals surface area contributed by atoms with Gasteiger partial charge in [0.2, 0.25) is 0 Å². The molecule has 0 saturated carbocycles. The number of ether oxygens (including phenoxy) is 1. The smallest absolute Gasteiger partial charge is 0.317 e. The first kappa shape index (κ1) is 19.9. The van der Waals surface area contributed by atoms with Gasteiger partial charge in [-0.15, -0.1) is 0 Å². The van der Waals surface area contributed by atoms with Crippen LogP contribution in [-0.2, 0) is 26.8 Å². The first-order valence-electron chi connectivity index (χ1n) is 8.88. The van der Waals surface area contributed by atoms with Gasteiger partial charge < -0.3 is 15.0 Å². The zero-order chi connectivity index (χ0) is 20.1. The third-order valence-electron chi connectivity index (χ3n) is 4.93. The second-order valence-electron chi connectivity index (χ2n) is 6.63. The van der Waals surface area contributed by atoms with Gasteiger partial charge in [0.05, 0.1) is 17.9 Å². The van der Waals surface area contributed by atoms with Gasteiger partial charge in [-0.05, 0) is 23.3 Å². The number of urea groups is 1. The van der Waals surface area contributed by atoms with Crippen LogP contribution in [0, 0.1) is 5.92 Å². The summed E-state index contributed by atoms with van der Waals surface area (Å²) in [5, 5.41) is 2.82. The summed E-state index contributed by atoms with van der Waals surface area (Å²) in [6.45, 7) is 0.975. The van der Waals surface area contributed by atoms with E-state index in [1.165, 1.54) is 19.2 Å². The van der Waals surface area contributed by atoms with Gasteiger partial charge in [0.25, 0.3) is 0 Å². The molecule has 1 aliphatic heterocycles. The Morgan fingerprint density at radius 3 is 2.36 bits per heavy atom. The maximum Gasteiger partial charge on any atom is 0.317 e. The van der Waals surface area contributed by atoms with Gasteiger partial charge >= 0.3 is 12.0 Å². The van der Waals surface area contributed by atoms with Crippen molar-refractivity contribution in [2.45, 2.75) is 17.4 Å². The average Bonchev–Trinajstić information content (AvgIpc) is 3.18. The highest BCUT2D eigenvalue weighted by molar-refractivity contribution is 7.72. The SMILES string of the molecule is COC(=O)[C@H]1CN(C(=O)NCc2ccc([SH](=O)=O)cc2)C[C@@H]1c1ccccc1. The summed E-state index contributed by atoms with van der Waals surface area (Å²) >= 11 is 0. The highest BCUT2D eigenvalue weighted by Crippen LogP contribution is 2.33. The Labute approximate surface area is 165 Å². The Morgan fingerprint density at radius 2 is 1.75 bits per heavy atom. The van der Waals surface area contributed by atoms with Crippen LogP contribution in [0.2, 0.25) is 0 Å². The fraction of sp³-hybridized carbons (Fsp3) is 0.300. The number of amides is 2. The number of nitrogens with one attached hydrogen (secondary N) is 1. The molecule has 2 aromatic rings. The number of benzene rings is 2. The van der Waals surface area contributed by atoms with Crippen LogP contribution >= 0.6 is 0 Å². The molecule has 0 spiro atoms. The monoisotopic (exact) mass is 402 g/mol. The number of likely N-dealkylation sites (tertiary alicyclic amines) is 1. The lowest BCUT2D eigenvalue weighted by molar-refractivity contribution is -0.145. The van der Waals surface area contributed by atoms with Crippen LogP contribution in [0.15, 0.2) is 59.5 Å². The van der Waals surface area contributed by atoms with Crippen molar-refractivity contribution in [2.24, 2.45) is 5.92 Å². The molecule has 0 radical (unpaired) electrons. The lowest BCUT2D eigenvalue weighted by Gasteiger charge is -2.17. The fourth-order valence-corrected chi connectivity index (χ4v) is 3.82. The highest BCUT2D eigenvalue weighted by Gasteiger charge is 2.41. The number of esters is 1. The van der Waals surface area contributed by atoms with Crippen molar-refractivity contribution < 1.29 is 22.7 Å². The summed E-state index contributed by atoms with van der Waals surface area (Å²) in [5.74, 6) is -0.857. The second kappa shape index (κ2) is 8.88. The largest absolute Gasteiger partial charge is 0.469 e. The van der Waals surface area contributed by atoms with Gasteiger partial charge in [-0.2, -0.15) is 0 Å². The van der Waals surface area contributed by atoms with Crippen molar-refractivity contribution in [1.29, 1.82) is 0 Å². The molecular weight excluding hydrogens is 380 g/mol. The Morgan fingerprint density at radius 1 is 1.07 bits per heavy atom. The zero-order valence-corrected chi connectivity index (χ0v) is 16.3. The number of methoxy groups -OCH3 is 1. The number of carbonyl (C=O) groups excluding carboxylic acids is 2. The summed E-state index contributed by atoms with van der Waals surface area (Å²) in [4.78, 5) is 26.6. The Balaban J connectivity index is 1.65. The fourth-order valence-electron chi connectivity index (χ4n) is 3.42. The quantitative estimate of drug-likeness (QED) is 0.587. The van der Waals surface area contributed by atoms with Crippen molar-refractivity contribution in [2.75, 3.05) is 20.2 Å². The maximum atomic E-state index is 12.6. The number of nitrogens with zero attached hydrogens (tertiary/aromatic N) is 1. The maximum absolute atomic E-state index is 12.6. The first-order chi connectivity index (χ1) is 13.5. The summed E-state index contributed by atoms with van der Waals surface area (Å²) in [7, 11) is -1.26. The molecule has 28 heavy (non-hydrogen) atoms. The van der Waals surface area contributed by atoms with Crippen LogP contribution in [0.4, 0.5) is 4.79 Å². The molecule has 0 aliphatic carbocycles. The molecule has 1 saturated heterocycles. The van der Waals surface area contributed by atoms with E-state index in [9.17, 15) is 18.0 Å². The van der Waals surface area contributed by atoms with Gasteiger partial charge in [0.15, 0.2) is 10.7 Å². The Kier molecular flexibility index (Phi) is 6.30. The topological polar surface area (TPSA) is 92.8 Å². The number of hydrogen-bond acceptors (Lipinski definition) is 5. The molecule has 0 unspecified atom stereocenters. The van der Waals surface area contributed by atoms with Crippen molar-refractivity contribution in [1.82, 2.24) is 10.2 Å². The molecular formula is C20H22N2O5S.